The van der Waals surface area contributed by atoms with Crippen molar-refractivity contribution >= 4 is 11.6 Å². The normalized spacial score (nSPS) is 19.8. The fourth-order valence-electron chi connectivity index (χ4n) is 3.26. The molecule has 4 nitrogen and oxygen atoms in total. The molecule has 1 amide bonds. The van der Waals surface area contributed by atoms with E-state index in [2.05, 4.69) is 23.4 Å². The third kappa shape index (κ3) is 4.01. The van der Waals surface area contributed by atoms with E-state index in [0.717, 1.165) is 29.6 Å². The Morgan fingerprint density at radius 3 is 2.67 bits per heavy atom. The number of likely N-dealkylation sites (tertiary alicyclic amines) is 1. The van der Waals surface area contributed by atoms with Crippen LogP contribution in [0.2, 0.25) is 0 Å². The van der Waals surface area contributed by atoms with Gasteiger partial charge in [-0.25, -0.2) is 0 Å². The van der Waals surface area contributed by atoms with Crippen LogP contribution in [0.5, 0.6) is 0 Å². The molecular formula is C20H27N3O. The number of allylic oxidation sites excluding steroid dienone is 1. The fraction of sp³-hybridized carbons (Fsp3) is 0.400. The summed E-state index contributed by atoms with van der Waals surface area (Å²) in [5.74, 6) is -0.0252. The molecule has 2 rings (SSSR count). The highest BCUT2D eigenvalue weighted by atomic mass is 16.2. The SMILES string of the molecule is C=C(C)CCC1C(=C)C(=N)CCN1C(C(=O)NC)c1ccccc1. The maximum Gasteiger partial charge on any atom is 0.241 e. The highest BCUT2D eigenvalue weighted by molar-refractivity contribution is 5.99. The fourth-order valence-corrected chi connectivity index (χ4v) is 3.26. The van der Waals surface area contributed by atoms with E-state index in [1.54, 1.807) is 7.05 Å². The van der Waals surface area contributed by atoms with Crippen molar-refractivity contribution in [2.45, 2.75) is 38.3 Å². The van der Waals surface area contributed by atoms with Crippen LogP contribution in [0.15, 0.2) is 54.6 Å². The molecule has 0 aromatic heterocycles. The van der Waals surface area contributed by atoms with Crippen LogP contribution in [0, 0.1) is 5.41 Å². The third-order valence-electron chi connectivity index (χ3n) is 4.60. The molecule has 0 spiro atoms. The Hall–Kier alpha value is -2.20. The molecule has 24 heavy (non-hydrogen) atoms. The zero-order valence-corrected chi connectivity index (χ0v) is 14.6. The first-order chi connectivity index (χ1) is 11.5. The van der Waals surface area contributed by atoms with Gasteiger partial charge in [0.25, 0.3) is 0 Å². The lowest BCUT2D eigenvalue weighted by atomic mass is 9.88. The Labute approximate surface area is 144 Å². The smallest absolute Gasteiger partial charge is 0.241 e. The molecule has 0 radical (unpaired) electrons. The number of hydrogen-bond acceptors (Lipinski definition) is 3. The van der Waals surface area contributed by atoms with Gasteiger partial charge in [-0.15, -0.1) is 6.58 Å². The molecule has 0 saturated carbocycles. The van der Waals surface area contributed by atoms with Crippen molar-refractivity contribution in [3.8, 4) is 0 Å². The number of piperidine rings is 1. The second-order valence-corrected chi connectivity index (χ2v) is 6.43. The third-order valence-corrected chi connectivity index (χ3v) is 4.60. The van der Waals surface area contributed by atoms with Gasteiger partial charge in [0.1, 0.15) is 6.04 Å². The number of rotatable bonds is 6. The summed E-state index contributed by atoms with van der Waals surface area (Å²) in [5.41, 5.74) is 3.50. The Morgan fingerprint density at radius 2 is 2.08 bits per heavy atom. The minimum Gasteiger partial charge on any atom is -0.358 e. The van der Waals surface area contributed by atoms with Crippen molar-refractivity contribution in [1.29, 1.82) is 5.41 Å². The van der Waals surface area contributed by atoms with Gasteiger partial charge in [0, 0.05) is 31.8 Å². The summed E-state index contributed by atoms with van der Waals surface area (Å²) in [5, 5.41) is 10.9. The molecule has 1 aromatic rings. The van der Waals surface area contributed by atoms with Crippen LogP contribution in [0.4, 0.5) is 0 Å². The Bertz CT molecular complexity index is 636. The number of carbonyl (C=O) groups is 1. The zero-order valence-electron chi connectivity index (χ0n) is 14.6. The Kier molecular flexibility index (Phi) is 6.10. The predicted molar refractivity (Wildman–Crippen MR) is 99.3 cm³/mol. The van der Waals surface area contributed by atoms with Crippen LogP contribution in [-0.2, 0) is 4.79 Å². The van der Waals surface area contributed by atoms with Gasteiger partial charge in [0.2, 0.25) is 5.91 Å². The van der Waals surface area contributed by atoms with Gasteiger partial charge in [-0.2, -0.15) is 0 Å². The summed E-state index contributed by atoms with van der Waals surface area (Å²) in [6.45, 7) is 10.8. The Morgan fingerprint density at radius 1 is 1.42 bits per heavy atom. The number of nitrogens with one attached hydrogen (secondary N) is 2. The van der Waals surface area contributed by atoms with Gasteiger partial charge < -0.3 is 10.7 Å². The molecule has 128 valence electrons. The predicted octanol–water partition coefficient (Wildman–Crippen LogP) is 3.48. The van der Waals surface area contributed by atoms with Crippen molar-refractivity contribution < 1.29 is 4.79 Å². The van der Waals surface area contributed by atoms with E-state index in [1.165, 1.54) is 0 Å². The number of amides is 1. The van der Waals surface area contributed by atoms with Crippen LogP contribution >= 0.6 is 0 Å². The van der Waals surface area contributed by atoms with Crippen molar-refractivity contribution in [3.05, 3.63) is 60.2 Å². The summed E-state index contributed by atoms with van der Waals surface area (Å²) >= 11 is 0. The lowest BCUT2D eigenvalue weighted by Crippen LogP contribution is -2.50. The van der Waals surface area contributed by atoms with Gasteiger partial charge in [-0.3, -0.25) is 9.69 Å². The number of carbonyl (C=O) groups excluding carboxylic acids is 1. The van der Waals surface area contributed by atoms with E-state index in [-0.39, 0.29) is 18.0 Å². The Balaban J connectivity index is 2.37. The summed E-state index contributed by atoms with van der Waals surface area (Å²) < 4.78 is 0. The maximum absolute atomic E-state index is 12.6. The first-order valence-corrected chi connectivity index (χ1v) is 8.39. The minimum absolute atomic E-state index is 0.00884. The van der Waals surface area contributed by atoms with Crippen LogP contribution in [0.1, 0.15) is 37.8 Å². The molecule has 4 heteroatoms. The zero-order chi connectivity index (χ0) is 17.7. The van der Waals surface area contributed by atoms with Crippen molar-refractivity contribution in [2.24, 2.45) is 0 Å². The van der Waals surface area contributed by atoms with Crippen LogP contribution in [0.3, 0.4) is 0 Å². The van der Waals surface area contributed by atoms with Gasteiger partial charge in [0.15, 0.2) is 0 Å². The molecule has 2 unspecified atom stereocenters. The lowest BCUT2D eigenvalue weighted by molar-refractivity contribution is -0.127. The molecule has 1 aliphatic heterocycles. The number of likely N-dealkylation sites (N-methyl/N-ethyl adjacent to an activating group) is 1. The molecule has 0 bridgehead atoms. The van der Waals surface area contributed by atoms with Gasteiger partial charge in [-0.05, 0) is 30.9 Å². The van der Waals surface area contributed by atoms with E-state index in [1.807, 2.05) is 37.3 Å². The van der Waals surface area contributed by atoms with E-state index < -0.39 is 0 Å². The van der Waals surface area contributed by atoms with E-state index in [9.17, 15) is 4.79 Å². The summed E-state index contributed by atoms with van der Waals surface area (Å²) in [7, 11) is 1.67. The molecule has 2 N–H and O–H groups in total. The average Bonchev–Trinajstić information content (AvgIpc) is 2.58. The van der Waals surface area contributed by atoms with E-state index >= 15 is 0 Å². The highest BCUT2D eigenvalue weighted by Gasteiger charge is 2.36. The molecule has 1 aromatic carbocycles. The van der Waals surface area contributed by atoms with Gasteiger partial charge in [0.05, 0.1) is 0 Å². The number of nitrogens with zero attached hydrogens (tertiary/aromatic N) is 1. The molecular weight excluding hydrogens is 298 g/mol. The second-order valence-electron chi connectivity index (χ2n) is 6.43. The topological polar surface area (TPSA) is 56.2 Å². The molecule has 1 aliphatic rings. The van der Waals surface area contributed by atoms with Gasteiger partial charge >= 0.3 is 0 Å². The summed E-state index contributed by atoms with van der Waals surface area (Å²) in [6, 6.07) is 9.45. The van der Waals surface area contributed by atoms with Gasteiger partial charge in [-0.1, -0.05) is 42.5 Å². The second kappa shape index (κ2) is 8.06. The number of benzene rings is 1. The van der Waals surface area contributed by atoms with E-state index in [4.69, 9.17) is 5.41 Å². The summed E-state index contributed by atoms with van der Waals surface area (Å²) in [6.07, 6.45) is 2.32. The quantitative estimate of drug-likeness (QED) is 0.787. The number of hydrogen-bond donors (Lipinski definition) is 2. The van der Waals surface area contributed by atoms with Crippen LogP contribution < -0.4 is 5.32 Å². The molecule has 1 saturated heterocycles. The lowest BCUT2D eigenvalue weighted by Gasteiger charge is -2.42. The van der Waals surface area contributed by atoms with Crippen molar-refractivity contribution in [3.63, 3.8) is 0 Å². The maximum atomic E-state index is 12.6. The largest absolute Gasteiger partial charge is 0.358 e. The minimum atomic E-state index is -0.365. The summed E-state index contributed by atoms with van der Waals surface area (Å²) in [4.78, 5) is 14.8. The average molecular weight is 325 g/mol. The monoisotopic (exact) mass is 325 g/mol. The standard InChI is InChI=1S/C20H27N3O/c1-14(2)10-11-18-15(3)17(21)12-13-23(18)19(20(24)22-4)16-8-6-5-7-9-16/h5-9,18-19,21H,1,3,10-13H2,2,4H3,(H,22,24). The molecule has 0 aliphatic carbocycles. The van der Waals surface area contributed by atoms with E-state index in [0.29, 0.717) is 18.7 Å². The van der Waals surface area contributed by atoms with Crippen LogP contribution in [-0.4, -0.2) is 36.2 Å². The van der Waals surface area contributed by atoms with Crippen LogP contribution in [0.25, 0.3) is 0 Å². The first-order valence-electron chi connectivity index (χ1n) is 8.39. The molecule has 2 atom stereocenters. The molecule has 1 heterocycles. The molecule has 1 fully saturated rings. The highest BCUT2D eigenvalue weighted by Crippen LogP contribution is 2.32. The van der Waals surface area contributed by atoms with Crippen molar-refractivity contribution in [1.82, 2.24) is 10.2 Å². The van der Waals surface area contributed by atoms with Crippen molar-refractivity contribution in [2.75, 3.05) is 13.6 Å². The first kappa shape index (κ1) is 18.1.